The summed E-state index contributed by atoms with van der Waals surface area (Å²) in [6.45, 7) is 9.42. The van der Waals surface area contributed by atoms with Crippen molar-refractivity contribution in [2.45, 2.75) is 19.9 Å². The number of fused-ring (bicyclic) bond motifs is 1. The zero-order chi connectivity index (χ0) is 21.6. The lowest BCUT2D eigenvalue weighted by Crippen LogP contribution is -2.51. The number of rotatable bonds is 7. The minimum atomic E-state index is -0.0768. The first-order valence-electron chi connectivity index (χ1n) is 10.9. The van der Waals surface area contributed by atoms with E-state index in [0.717, 1.165) is 44.1 Å². The molecule has 164 valence electrons. The number of hydrogen-bond donors (Lipinski definition) is 1. The van der Waals surface area contributed by atoms with E-state index in [1.165, 1.54) is 0 Å². The monoisotopic (exact) mass is 422 g/mol. The van der Waals surface area contributed by atoms with Crippen molar-refractivity contribution in [2.75, 3.05) is 50.8 Å². The number of ether oxygens (including phenoxy) is 2. The second kappa shape index (κ2) is 9.83. The van der Waals surface area contributed by atoms with Crippen LogP contribution < -0.4 is 19.7 Å². The zero-order valence-electron chi connectivity index (χ0n) is 18.2. The summed E-state index contributed by atoms with van der Waals surface area (Å²) in [5.41, 5.74) is 1.51. The van der Waals surface area contributed by atoms with E-state index in [4.69, 9.17) is 9.47 Å². The maximum absolute atomic E-state index is 12.8. The van der Waals surface area contributed by atoms with Crippen molar-refractivity contribution in [2.24, 2.45) is 0 Å². The summed E-state index contributed by atoms with van der Waals surface area (Å²) in [7, 11) is 0. The highest BCUT2D eigenvalue weighted by atomic mass is 16.5. The van der Waals surface area contributed by atoms with Gasteiger partial charge in [0.05, 0.1) is 12.2 Å². The Kier molecular flexibility index (Phi) is 6.72. The van der Waals surface area contributed by atoms with Gasteiger partial charge in [0.1, 0.15) is 12.4 Å². The average Bonchev–Trinajstić information content (AvgIpc) is 2.80. The van der Waals surface area contributed by atoms with Crippen molar-refractivity contribution in [1.82, 2.24) is 15.2 Å². The third kappa shape index (κ3) is 5.17. The molecule has 0 aliphatic carbocycles. The number of amides is 1. The molecule has 0 radical (unpaired) electrons. The number of nitrogens with zero attached hydrogens (tertiary/aromatic N) is 3. The zero-order valence-corrected chi connectivity index (χ0v) is 18.2. The highest BCUT2D eigenvalue weighted by Crippen LogP contribution is 2.35. The van der Waals surface area contributed by atoms with Crippen LogP contribution in [0, 0.1) is 0 Å². The summed E-state index contributed by atoms with van der Waals surface area (Å²) >= 11 is 0. The average molecular weight is 423 g/mol. The highest BCUT2D eigenvalue weighted by molar-refractivity contribution is 5.99. The van der Waals surface area contributed by atoms with E-state index in [9.17, 15) is 4.79 Å². The second-order valence-corrected chi connectivity index (χ2v) is 7.92. The fraction of sp³-hybridized carbons (Fsp3) is 0.417. The van der Waals surface area contributed by atoms with Gasteiger partial charge in [0.15, 0.2) is 11.5 Å². The van der Waals surface area contributed by atoms with Gasteiger partial charge in [0.25, 0.3) is 5.91 Å². The van der Waals surface area contributed by atoms with Gasteiger partial charge in [-0.25, -0.2) is 4.98 Å². The van der Waals surface area contributed by atoms with Gasteiger partial charge in [-0.3, -0.25) is 9.69 Å². The molecule has 0 saturated carbocycles. The third-order valence-electron chi connectivity index (χ3n) is 5.56. The number of nitrogens with one attached hydrogen (secondary N) is 1. The molecule has 1 amide bonds. The van der Waals surface area contributed by atoms with Crippen LogP contribution in [0.4, 0.5) is 5.82 Å². The Morgan fingerprint density at radius 2 is 2.03 bits per heavy atom. The molecule has 0 bridgehead atoms. The van der Waals surface area contributed by atoms with Crippen molar-refractivity contribution >= 4 is 17.8 Å². The lowest BCUT2D eigenvalue weighted by atomic mass is 10.1. The summed E-state index contributed by atoms with van der Waals surface area (Å²) in [5, 5.41) is 3.12. The quantitative estimate of drug-likeness (QED) is 0.740. The molecule has 2 aromatic rings. The topological polar surface area (TPSA) is 66.9 Å². The number of carbonyl (C=O) groups is 1. The molecule has 1 atom stereocenters. The number of benzene rings is 1. The molecule has 4 rings (SSSR count). The molecule has 31 heavy (non-hydrogen) atoms. The number of hydrogen-bond acceptors (Lipinski definition) is 6. The molecule has 7 nitrogen and oxygen atoms in total. The molecule has 2 aliphatic heterocycles. The molecule has 1 aromatic carbocycles. The number of piperazine rings is 1. The largest absolute Gasteiger partial charge is 0.490 e. The number of carbonyl (C=O) groups excluding carboxylic acids is 1. The third-order valence-corrected chi connectivity index (χ3v) is 5.56. The Bertz CT molecular complexity index is 924. The van der Waals surface area contributed by atoms with Crippen LogP contribution in [-0.2, 0) is 4.79 Å². The smallest absolute Gasteiger partial charge is 0.250 e. The number of anilines is 1. The van der Waals surface area contributed by atoms with E-state index >= 15 is 0 Å². The Labute approximate surface area is 183 Å². The van der Waals surface area contributed by atoms with Gasteiger partial charge in [-0.2, -0.15) is 0 Å². The number of pyridine rings is 1. The minimum Gasteiger partial charge on any atom is -0.490 e. The van der Waals surface area contributed by atoms with Gasteiger partial charge < -0.3 is 19.7 Å². The lowest BCUT2D eigenvalue weighted by Gasteiger charge is -2.36. The van der Waals surface area contributed by atoms with Gasteiger partial charge >= 0.3 is 0 Å². The maximum atomic E-state index is 12.8. The van der Waals surface area contributed by atoms with Crippen molar-refractivity contribution in [3.63, 3.8) is 0 Å². The molecule has 3 heterocycles. The van der Waals surface area contributed by atoms with E-state index in [2.05, 4.69) is 27.0 Å². The van der Waals surface area contributed by atoms with Crippen LogP contribution in [-0.4, -0.2) is 67.8 Å². The first-order chi connectivity index (χ1) is 15.1. The summed E-state index contributed by atoms with van der Waals surface area (Å²) in [6, 6.07) is 11.8. The van der Waals surface area contributed by atoms with E-state index in [1.807, 2.05) is 55.6 Å². The molecule has 7 heteroatoms. The van der Waals surface area contributed by atoms with E-state index in [0.29, 0.717) is 23.7 Å². The standard InChI is InChI=1S/C24H30N4O3/c1-3-30-21-8-6-7-19-15-20(17-31-23(19)21)24(29)26-18(2)16-27-11-13-28(14-12-27)22-9-4-5-10-25-22/h4-10,15,18H,3,11-14,16-17H2,1-2H3,(H,26,29). The van der Waals surface area contributed by atoms with Crippen LogP contribution in [0.15, 0.2) is 48.2 Å². The fourth-order valence-electron chi connectivity index (χ4n) is 4.03. The van der Waals surface area contributed by atoms with Gasteiger partial charge in [-0.1, -0.05) is 18.2 Å². The number of aromatic nitrogens is 1. The van der Waals surface area contributed by atoms with Crippen LogP contribution in [0.3, 0.4) is 0 Å². The minimum absolute atomic E-state index is 0.0472. The van der Waals surface area contributed by atoms with Gasteiger partial charge in [-0.15, -0.1) is 0 Å². The SMILES string of the molecule is CCOc1cccc2c1OCC(C(=O)NC(C)CN1CCN(c3ccccn3)CC1)=C2. The van der Waals surface area contributed by atoms with Crippen molar-refractivity contribution < 1.29 is 14.3 Å². The fourth-order valence-corrected chi connectivity index (χ4v) is 4.03. The maximum Gasteiger partial charge on any atom is 0.250 e. The first-order valence-corrected chi connectivity index (χ1v) is 10.9. The Morgan fingerprint density at radius 3 is 2.77 bits per heavy atom. The van der Waals surface area contributed by atoms with E-state index < -0.39 is 0 Å². The second-order valence-electron chi connectivity index (χ2n) is 7.92. The van der Waals surface area contributed by atoms with E-state index in [-0.39, 0.29) is 18.6 Å². The van der Waals surface area contributed by atoms with E-state index in [1.54, 1.807) is 0 Å². The molecule has 2 aliphatic rings. The highest BCUT2D eigenvalue weighted by Gasteiger charge is 2.23. The molecule has 1 fully saturated rings. The summed E-state index contributed by atoms with van der Waals surface area (Å²) in [5.74, 6) is 2.38. The summed E-state index contributed by atoms with van der Waals surface area (Å²) in [6.07, 6.45) is 3.73. The van der Waals surface area contributed by atoms with Crippen LogP contribution >= 0.6 is 0 Å². The molecule has 1 saturated heterocycles. The molecular formula is C24H30N4O3. The van der Waals surface area contributed by atoms with Crippen molar-refractivity contribution in [3.05, 3.63) is 53.7 Å². The molecular weight excluding hydrogens is 392 g/mol. The normalized spacial score (nSPS) is 17.2. The lowest BCUT2D eigenvalue weighted by molar-refractivity contribution is -0.118. The molecule has 1 aromatic heterocycles. The Hall–Kier alpha value is -3.06. The Morgan fingerprint density at radius 1 is 1.19 bits per heavy atom. The number of para-hydroxylation sites is 1. The summed E-state index contributed by atoms with van der Waals surface area (Å²) in [4.78, 5) is 21.9. The molecule has 1 unspecified atom stereocenters. The molecule has 1 N–H and O–H groups in total. The van der Waals surface area contributed by atoms with Gasteiger partial charge in [-0.05, 0) is 38.1 Å². The summed E-state index contributed by atoms with van der Waals surface area (Å²) < 4.78 is 11.5. The predicted octanol–water partition coefficient (Wildman–Crippen LogP) is 2.58. The van der Waals surface area contributed by atoms with Crippen molar-refractivity contribution in [1.29, 1.82) is 0 Å². The van der Waals surface area contributed by atoms with Gasteiger partial charge in [0.2, 0.25) is 0 Å². The van der Waals surface area contributed by atoms with Crippen molar-refractivity contribution in [3.8, 4) is 11.5 Å². The van der Waals surface area contributed by atoms with Crippen LogP contribution in [0.1, 0.15) is 19.4 Å². The first kappa shape index (κ1) is 21.2. The predicted molar refractivity (Wildman–Crippen MR) is 122 cm³/mol. The molecule has 0 spiro atoms. The van der Waals surface area contributed by atoms with Crippen LogP contribution in [0.2, 0.25) is 0 Å². The van der Waals surface area contributed by atoms with Crippen LogP contribution in [0.25, 0.3) is 6.08 Å². The van der Waals surface area contributed by atoms with Gasteiger partial charge in [0, 0.05) is 50.5 Å². The Balaban J connectivity index is 1.29. The van der Waals surface area contributed by atoms with Crippen LogP contribution in [0.5, 0.6) is 11.5 Å².